The Morgan fingerprint density at radius 2 is 1.44 bits per heavy atom. The summed E-state index contributed by atoms with van der Waals surface area (Å²) in [6.07, 6.45) is 9.14. The number of hydrogen-bond acceptors (Lipinski definition) is 2. The van der Waals surface area contributed by atoms with Crippen LogP contribution in [0.15, 0.2) is 60.7 Å². The maximum Gasteiger partial charge on any atom is 0.0720 e. The molecule has 0 saturated carbocycles. The molecule has 0 aliphatic carbocycles. The molecule has 2 atom stereocenters. The van der Waals surface area contributed by atoms with Crippen molar-refractivity contribution in [1.29, 1.82) is 0 Å². The van der Waals surface area contributed by atoms with Gasteiger partial charge in [-0.3, -0.25) is 0 Å². The third-order valence-corrected chi connectivity index (χ3v) is 5.07. The van der Waals surface area contributed by atoms with E-state index in [1.54, 1.807) is 0 Å². The van der Waals surface area contributed by atoms with Crippen LogP contribution in [0.5, 0.6) is 0 Å². The van der Waals surface area contributed by atoms with Gasteiger partial charge in [0, 0.05) is 12.6 Å². The van der Waals surface area contributed by atoms with E-state index >= 15 is 0 Å². The fourth-order valence-corrected chi connectivity index (χ4v) is 3.40. The van der Waals surface area contributed by atoms with Gasteiger partial charge >= 0.3 is 0 Å². The van der Waals surface area contributed by atoms with Gasteiger partial charge in [0.15, 0.2) is 0 Å². The third-order valence-electron chi connectivity index (χ3n) is 5.07. The highest BCUT2D eigenvalue weighted by Crippen LogP contribution is 2.16. The van der Waals surface area contributed by atoms with Crippen LogP contribution in [0.4, 0.5) is 0 Å². The summed E-state index contributed by atoms with van der Waals surface area (Å²) < 4.78 is 6.32. The van der Waals surface area contributed by atoms with Crippen LogP contribution in [0.2, 0.25) is 0 Å². The zero-order valence-corrected chi connectivity index (χ0v) is 17.2. The van der Waals surface area contributed by atoms with Gasteiger partial charge in [-0.05, 0) is 30.9 Å². The van der Waals surface area contributed by atoms with Crippen molar-refractivity contribution in [1.82, 2.24) is 5.32 Å². The van der Waals surface area contributed by atoms with Crippen LogP contribution in [0.1, 0.15) is 69.9 Å². The number of unbranched alkanes of at least 4 members (excludes halogenated alkanes) is 4. The summed E-state index contributed by atoms with van der Waals surface area (Å²) in [4.78, 5) is 0. The molecule has 1 N–H and O–H groups in total. The lowest BCUT2D eigenvalue weighted by atomic mass is 10.0. The van der Waals surface area contributed by atoms with E-state index in [4.69, 9.17) is 4.74 Å². The third kappa shape index (κ3) is 9.74. The minimum Gasteiger partial charge on any atom is -0.373 e. The van der Waals surface area contributed by atoms with E-state index in [9.17, 15) is 0 Å². The van der Waals surface area contributed by atoms with Crippen molar-refractivity contribution in [3.05, 3.63) is 71.8 Å². The SMILES string of the molecule is CCCCCCCC(CC(C)NCc1ccccc1)OCc1ccccc1. The molecule has 2 nitrogen and oxygen atoms in total. The van der Waals surface area contributed by atoms with Gasteiger partial charge in [0.1, 0.15) is 0 Å². The van der Waals surface area contributed by atoms with Crippen molar-refractivity contribution in [2.45, 2.75) is 84.1 Å². The van der Waals surface area contributed by atoms with Crippen molar-refractivity contribution >= 4 is 0 Å². The topological polar surface area (TPSA) is 21.3 Å². The van der Waals surface area contributed by atoms with Crippen LogP contribution >= 0.6 is 0 Å². The van der Waals surface area contributed by atoms with Gasteiger partial charge in [0.2, 0.25) is 0 Å². The highest BCUT2D eigenvalue weighted by molar-refractivity contribution is 5.14. The molecule has 2 rings (SSSR count). The molecule has 0 aromatic heterocycles. The number of nitrogens with one attached hydrogen (secondary N) is 1. The van der Waals surface area contributed by atoms with E-state index in [-0.39, 0.29) is 0 Å². The monoisotopic (exact) mass is 367 g/mol. The first kappa shape index (κ1) is 21.7. The summed E-state index contributed by atoms with van der Waals surface area (Å²) in [7, 11) is 0. The molecule has 2 heteroatoms. The van der Waals surface area contributed by atoms with Crippen molar-refractivity contribution < 1.29 is 4.74 Å². The van der Waals surface area contributed by atoms with Crippen LogP contribution in [0.25, 0.3) is 0 Å². The zero-order chi connectivity index (χ0) is 19.2. The Balaban J connectivity index is 1.77. The Kier molecular flexibility index (Phi) is 10.8. The maximum absolute atomic E-state index is 6.32. The molecule has 0 aliphatic rings. The Morgan fingerprint density at radius 1 is 0.815 bits per heavy atom. The first-order valence-corrected chi connectivity index (χ1v) is 10.7. The Labute approximate surface area is 166 Å². The minimum absolute atomic E-state index is 0.324. The molecular formula is C25H37NO. The van der Waals surface area contributed by atoms with Crippen molar-refractivity contribution in [2.24, 2.45) is 0 Å². The minimum atomic E-state index is 0.324. The average molecular weight is 368 g/mol. The molecule has 148 valence electrons. The molecule has 2 aromatic carbocycles. The second-order valence-electron chi connectivity index (χ2n) is 7.62. The number of rotatable bonds is 14. The molecular weight excluding hydrogens is 330 g/mol. The lowest BCUT2D eigenvalue weighted by Crippen LogP contribution is -2.30. The smallest absolute Gasteiger partial charge is 0.0720 e. The Bertz CT molecular complexity index is 584. The fourth-order valence-electron chi connectivity index (χ4n) is 3.40. The van der Waals surface area contributed by atoms with Gasteiger partial charge < -0.3 is 10.1 Å². The van der Waals surface area contributed by atoms with Crippen LogP contribution in [0.3, 0.4) is 0 Å². The van der Waals surface area contributed by atoms with E-state index in [0.717, 1.165) is 19.4 Å². The van der Waals surface area contributed by atoms with E-state index in [0.29, 0.717) is 18.8 Å². The van der Waals surface area contributed by atoms with Gasteiger partial charge in [-0.25, -0.2) is 0 Å². The lowest BCUT2D eigenvalue weighted by Gasteiger charge is -2.23. The van der Waals surface area contributed by atoms with Gasteiger partial charge in [-0.1, -0.05) is 99.7 Å². The molecule has 0 saturated heterocycles. The van der Waals surface area contributed by atoms with Gasteiger partial charge in [-0.2, -0.15) is 0 Å². The Hall–Kier alpha value is -1.64. The molecule has 0 spiro atoms. The quantitative estimate of drug-likeness (QED) is 0.385. The van der Waals surface area contributed by atoms with E-state index < -0.39 is 0 Å². The molecule has 2 aromatic rings. The summed E-state index contributed by atoms with van der Waals surface area (Å²) >= 11 is 0. The van der Waals surface area contributed by atoms with E-state index in [1.807, 2.05) is 0 Å². The number of hydrogen-bond donors (Lipinski definition) is 1. The first-order chi connectivity index (χ1) is 13.3. The van der Waals surface area contributed by atoms with Crippen LogP contribution < -0.4 is 5.32 Å². The van der Waals surface area contributed by atoms with Gasteiger partial charge in [0.25, 0.3) is 0 Å². The van der Waals surface area contributed by atoms with Crippen LogP contribution in [-0.2, 0) is 17.9 Å². The Morgan fingerprint density at radius 3 is 2.11 bits per heavy atom. The van der Waals surface area contributed by atoms with Crippen molar-refractivity contribution in [3.63, 3.8) is 0 Å². The standard InChI is InChI=1S/C25H37NO/c1-3-4-5-6-13-18-25(27-21-24-16-11-8-12-17-24)19-22(2)26-20-23-14-9-7-10-15-23/h7-12,14-17,22,25-26H,3-6,13,18-21H2,1-2H3. The largest absolute Gasteiger partial charge is 0.373 e. The summed E-state index contributed by atoms with van der Waals surface area (Å²) in [6.45, 7) is 6.18. The molecule has 0 fully saturated rings. The van der Waals surface area contributed by atoms with Gasteiger partial charge in [0.05, 0.1) is 12.7 Å². The lowest BCUT2D eigenvalue weighted by molar-refractivity contribution is 0.0222. The highest BCUT2D eigenvalue weighted by atomic mass is 16.5. The second-order valence-corrected chi connectivity index (χ2v) is 7.62. The molecule has 2 unspecified atom stereocenters. The molecule has 27 heavy (non-hydrogen) atoms. The van der Waals surface area contributed by atoms with Gasteiger partial charge in [-0.15, -0.1) is 0 Å². The second kappa shape index (κ2) is 13.5. The van der Waals surface area contributed by atoms with Crippen LogP contribution in [-0.4, -0.2) is 12.1 Å². The normalized spacial score (nSPS) is 13.4. The van der Waals surface area contributed by atoms with Crippen molar-refractivity contribution in [3.8, 4) is 0 Å². The highest BCUT2D eigenvalue weighted by Gasteiger charge is 2.14. The fraction of sp³-hybridized carbons (Fsp3) is 0.520. The summed E-state index contributed by atoms with van der Waals surface area (Å²) in [5.74, 6) is 0. The first-order valence-electron chi connectivity index (χ1n) is 10.7. The zero-order valence-electron chi connectivity index (χ0n) is 17.2. The summed E-state index contributed by atoms with van der Waals surface area (Å²) in [5.41, 5.74) is 2.60. The van der Waals surface area contributed by atoms with Crippen LogP contribution in [0, 0.1) is 0 Å². The average Bonchev–Trinajstić information content (AvgIpc) is 2.71. The summed E-state index contributed by atoms with van der Waals surface area (Å²) in [6, 6.07) is 21.6. The molecule has 0 bridgehead atoms. The molecule has 0 radical (unpaired) electrons. The van der Waals surface area contributed by atoms with E-state index in [1.165, 1.54) is 43.2 Å². The summed E-state index contributed by atoms with van der Waals surface area (Å²) in [5, 5.41) is 3.66. The molecule has 0 heterocycles. The number of ether oxygens (including phenoxy) is 1. The maximum atomic E-state index is 6.32. The predicted octanol–water partition coefficient (Wildman–Crippen LogP) is 6.50. The van der Waals surface area contributed by atoms with E-state index in [2.05, 4.69) is 79.8 Å². The van der Waals surface area contributed by atoms with Crippen molar-refractivity contribution in [2.75, 3.05) is 0 Å². The predicted molar refractivity (Wildman–Crippen MR) is 116 cm³/mol. The number of benzene rings is 2. The molecule has 0 amide bonds. The molecule has 0 aliphatic heterocycles.